The summed E-state index contributed by atoms with van der Waals surface area (Å²) in [5, 5.41) is 0.684. The number of Topliss-reactive ketones (excluding diaryl/α,β-unsaturated/α-hetero) is 1. The maximum Gasteiger partial charge on any atom is 0.137 e. The lowest BCUT2D eigenvalue weighted by Crippen LogP contribution is -2.04. The monoisotopic (exact) mass is 272 g/mol. The average Bonchev–Trinajstić information content (AvgIpc) is 2.36. The molecule has 0 N–H and O–H groups in total. The van der Waals surface area contributed by atoms with Gasteiger partial charge in [-0.15, -0.1) is 0 Å². The van der Waals surface area contributed by atoms with Crippen molar-refractivity contribution in [3.05, 3.63) is 70.2 Å². The Morgan fingerprint density at radius 3 is 2.53 bits per heavy atom. The summed E-state index contributed by atoms with van der Waals surface area (Å²) < 4.78 is 0. The molecule has 0 aliphatic carbocycles. The van der Waals surface area contributed by atoms with Crippen LogP contribution >= 0.6 is 11.6 Å². The van der Waals surface area contributed by atoms with E-state index < -0.39 is 0 Å². The van der Waals surface area contributed by atoms with Crippen LogP contribution in [0.1, 0.15) is 23.1 Å². The Balaban J connectivity index is 1.88. The molecule has 1 nitrogen and oxygen atoms in total. The highest BCUT2D eigenvalue weighted by Gasteiger charge is 2.05. The van der Waals surface area contributed by atoms with Crippen LogP contribution in [0.15, 0.2) is 48.5 Å². The van der Waals surface area contributed by atoms with E-state index >= 15 is 0 Å². The van der Waals surface area contributed by atoms with Crippen LogP contribution in [0.2, 0.25) is 5.02 Å². The van der Waals surface area contributed by atoms with E-state index in [0.29, 0.717) is 17.9 Å². The topological polar surface area (TPSA) is 17.1 Å². The van der Waals surface area contributed by atoms with Crippen LogP contribution in [0.4, 0.5) is 0 Å². The molecule has 0 aliphatic rings. The summed E-state index contributed by atoms with van der Waals surface area (Å²) in [6.45, 7) is 2.07. The first-order chi connectivity index (χ1) is 9.13. The maximum atomic E-state index is 11.9. The molecule has 0 saturated carbocycles. The average molecular weight is 273 g/mol. The summed E-state index contributed by atoms with van der Waals surface area (Å²) >= 11 is 5.91. The molecule has 2 rings (SSSR count). The normalized spacial score (nSPS) is 10.4. The Morgan fingerprint density at radius 2 is 1.79 bits per heavy atom. The molecule has 0 radical (unpaired) electrons. The van der Waals surface area contributed by atoms with E-state index in [2.05, 4.69) is 25.1 Å². The molecular weight excluding hydrogens is 256 g/mol. The van der Waals surface area contributed by atoms with Gasteiger partial charge in [-0.05, 0) is 36.6 Å². The van der Waals surface area contributed by atoms with Crippen LogP contribution in [0.3, 0.4) is 0 Å². The zero-order valence-corrected chi connectivity index (χ0v) is 11.8. The predicted octanol–water partition coefficient (Wildman–Crippen LogP) is 4.39. The van der Waals surface area contributed by atoms with E-state index in [1.54, 1.807) is 0 Å². The molecule has 0 spiro atoms. The molecule has 0 unspecified atom stereocenters. The third-order valence-electron chi connectivity index (χ3n) is 3.07. The third-order valence-corrected chi connectivity index (χ3v) is 3.30. The number of carbonyl (C=O) groups excluding carboxylic acids is 1. The quantitative estimate of drug-likeness (QED) is 0.789. The number of hydrogen-bond acceptors (Lipinski definition) is 1. The number of hydrogen-bond donors (Lipinski definition) is 0. The zero-order chi connectivity index (χ0) is 13.7. The van der Waals surface area contributed by atoms with E-state index in [9.17, 15) is 4.79 Å². The van der Waals surface area contributed by atoms with Crippen LogP contribution in [-0.4, -0.2) is 5.78 Å². The van der Waals surface area contributed by atoms with E-state index in [1.807, 2.05) is 30.3 Å². The smallest absolute Gasteiger partial charge is 0.137 e. The molecule has 2 heteroatoms. The van der Waals surface area contributed by atoms with E-state index in [-0.39, 0.29) is 5.78 Å². The van der Waals surface area contributed by atoms with Crippen LogP contribution in [0, 0.1) is 6.92 Å². The van der Waals surface area contributed by atoms with Gasteiger partial charge in [0.25, 0.3) is 0 Å². The Labute approximate surface area is 119 Å². The lowest BCUT2D eigenvalue weighted by atomic mass is 10.0. The number of benzene rings is 2. The molecule has 98 valence electrons. The molecule has 0 bridgehead atoms. The Morgan fingerprint density at radius 1 is 1.05 bits per heavy atom. The van der Waals surface area contributed by atoms with E-state index in [1.165, 1.54) is 11.1 Å². The summed E-state index contributed by atoms with van der Waals surface area (Å²) in [5.41, 5.74) is 3.45. The molecule has 0 aliphatic heterocycles. The van der Waals surface area contributed by atoms with Crippen molar-refractivity contribution in [1.82, 2.24) is 0 Å². The Bertz CT molecular complexity index is 575. The lowest BCUT2D eigenvalue weighted by molar-refractivity contribution is -0.118. The van der Waals surface area contributed by atoms with Crippen molar-refractivity contribution >= 4 is 17.4 Å². The summed E-state index contributed by atoms with van der Waals surface area (Å²) in [6.07, 6.45) is 1.85. The SMILES string of the molecule is Cc1cccc(CCC(=O)Cc2cccc(Cl)c2)c1. The van der Waals surface area contributed by atoms with Gasteiger partial charge < -0.3 is 0 Å². The summed E-state index contributed by atoms with van der Waals surface area (Å²) in [6, 6.07) is 15.8. The van der Waals surface area contributed by atoms with Crippen molar-refractivity contribution in [3.63, 3.8) is 0 Å². The van der Waals surface area contributed by atoms with Gasteiger partial charge in [-0.25, -0.2) is 0 Å². The first-order valence-corrected chi connectivity index (χ1v) is 6.83. The second-order valence-electron chi connectivity index (χ2n) is 4.83. The van der Waals surface area contributed by atoms with Gasteiger partial charge in [0.05, 0.1) is 0 Å². The highest BCUT2D eigenvalue weighted by atomic mass is 35.5. The fourth-order valence-corrected chi connectivity index (χ4v) is 2.33. The summed E-state index contributed by atoms with van der Waals surface area (Å²) in [5.74, 6) is 0.253. The molecule has 19 heavy (non-hydrogen) atoms. The Hall–Kier alpha value is -1.60. The van der Waals surface area contributed by atoms with Crippen LogP contribution in [-0.2, 0) is 17.6 Å². The van der Waals surface area contributed by atoms with Gasteiger partial charge in [-0.1, -0.05) is 53.6 Å². The minimum absolute atomic E-state index is 0.253. The number of ketones is 1. The van der Waals surface area contributed by atoms with Crippen molar-refractivity contribution in [3.8, 4) is 0 Å². The van der Waals surface area contributed by atoms with Crippen molar-refractivity contribution < 1.29 is 4.79 Å². The number of carbonyl (C=O) groups is 1. The lowest BCUT2D eigenvalue weighted by Gasteiger charge is -2.03. The third kappa shape index (κ3) is 4.53. The van der Waals surface area contributed by atoms with Gasteiger partial charge in [-0.2, -0.15) is 0 Å². The molecule has 0 atom stereocenters. The summed E-state index contributed by atoms with van der Waals surface area (Å²) in [7, 11) is 0. The fraction of sp³-hybridized carbons (Fsp3) is 0.235. The minimum Gasteiger partial charge on any atom is -0.299 e. The van der Waals surface area contributed by atoms with Gasteiger partial charge in [0.15, 0.2) is 0 Å². The highest BCUT2D eigenvalue weighted by Crippen LogP contribution is 2.13. The molecule has 2 aromatic rings. The molecule has 2 aromatic carbocycles. The van der Waals surface area contributed by atoms with Crippen LogP contribution < -0.4 is 0 Å². The maximum absolute atomic E-state index is 11.9. The zero-order valence-electron chi connectivity index (χ0n) is 11.0. The van der Waals surface area contributed by atoms with Crippen molar-refractivity contribution in [2.45, 2.75) is 26.2 Å². The minimum atomic E-state index is 0.253. The highest BCUT2D eigenvalue weighted by molar-refractivity contribution is 6.30. The van der Waals surface area contributed by atoms with Crippen LogP contribution in [0.25, 0.3) is 0 Å². The van der Waals surface area contributed by atoms with Gasteiger partial charge in [-0.3, -0.25) is 4.79 Å². The predicted molar refractivity (Wildman–Crippen MR) is 79.7 cm³/mol. The molecule has 0 aromatic heterocycles. The number of aryl methyl sites for hydroxylation is 2. The van der Waals surface area contributed by atoms with Crippen molar-refractivity contribution in [2.75, 3.05) is 0 Å². The molecular formula is C17H17ClO. The molecule has 0 amide bonds. The second-order valence-corrected chi connectivity index (χ2v) is 5.27. The first-order valence-electron chi connectivity index (χ1n) is 6.45. The standard InChI is InChI=1S/C17H17ClO/c1-13-4-2-5-14(10-13)8-9-17(19)12-15-6-3-7-16(18)11-15/h2-7,10-11H,8-9,12H2,1H3. The Kier molecular flexibility index (Phi) is 4.75. The summed E-state index contributed by atoms with van der Waals surface area (Å²) in [4.78, 5) is 11.9. The van der Waals surface area contributed by atoms with Gasteiger partial charge in [0.1, 0.15) is 5.78 Å². The number of rotatable bonds is 5. The van der Waals surface area contributed by atoms with Gasteiger partial charge >= 0.3 is 0 Å². The largest absolute Gasteiger partial charge is 0.299 e. The van der Waals surface area contributed by atoms with Crippen LogP contribution in [0.5, 0.6) is 0 Å². The van der Waals surface area contributed by atoms with Crippen molar-refractivity contribution in [2.24, 2.45) is 0 Å². The first kappa shape index (κ1) is 13.8. The van der Waals surface area contributed by atoms with E-state index in [4.69, 9.17) is 11.6 Å². The van der Waals surface area contributed by atoms with E-state index in [0.717, 1.165) is 12.0 Å². The van der Waals surface area contributed by atoms with Gasteiger partial charge in [0.2, 0.25) is 0 Å². The molecule has 0 heterocycles. The molecule has 0 saturated heterocycles. The van der Waals surface area contributed by atoms with Crippen molar-refractivity contribution in [1.29, 1.82) is 0 Å². The fourth-order valence-electron chi connectivity index (χ4n) is 2.11. The van der Waals surface area contributed by atoms with Gasteiger partial charge in [0, 0.05) is 17.9 Å². The number of halogens is 1. The molecule has 0 fully saturated rings. The second kappa shape index (κ2) is 6.53.